The third-order valence-corrected chi connectivity index (χ3v) is 4.60. The minimum absolute atomic E-state index is 0.120. The molecule has 4 rings (SSSR count). The van der Waals surface area contributed by atoms with Gasteiger partial charge < -0.3 is 14.5 Å². The van der Waals surface area contributed by atoms with Crippen molar-refractivity contribution in [2.24, 2.45) is 0 Å². The fourth-order valence-corrected chi connectivity index (χ4v) is 3.27. The van der Waals surface area contributed by atoms with Crippen molar-refractivity contribution in [1.29, 1.82) is 0 Å². The molecule has 1 amide bonds. The minimum Gasteiger partial charge on any atom is -0.494 e. The number of anilines is 1. The summed E-state index contributed by atoms with van der Waals surface area (Å²) in [7, 11) is 0. The highest BCUT2D eigenvalue weighted by molar-refractivity contribution is 5.91. The van der Waals surface area contributed by atoms with E-state index in [0.29, 0.717) is 13.2 Å². The molecule has 3 fully saturated rings. The number of rotatable bonds is 5. The lowest BCUT2D eigenvalue weighted by atomic mass is 10.1. The molecule has 5 heteroatoms. The van der Waals surface area contributed by atoms with Crippen LogP contribution in [-0.4, -0.2) is 67.7 Å². The number of carbonyl (C=O) groups is 1. The maximum atomic E-state index is 12.3. The molecule has 0 saturated carbocycles. The summed E-state index contributed by atoms with van der Waals surface area (Å²) in [6.07, 6.45) is 0. The van der Waals surface area contributed by atoms with Gasteiger partial charge in [0.05, 0.1) is 26.2 Å². The van der Waals surface area contributed by atoms with Crippen LogP contribution in [0.1, 0.15) is 6.92 Å². The first-order valence-corrected chi connectivity index (χ1v) is 7.79. The van der Waals surface area contributed by atoms with Gasteiger partial charge in [-0.2, -0.15) is 0 Å². The van der Waals surface area contributed by atoms with Crippen LogP contribution >= 0.6 is 0 Å². The van der Waals surface area contributed by atoms with Crippen molar-refractivity contribution >= 4 is 11.6 Å². The van der Waals surface area contributed by atoms with Gasteiger partial charge in [0.2, 0.25) is 0 Å². The molecule has 1 N–H and O–H groups in total. The molecule has 3 saturated heterocycles. The van der Waals surface area contributed by atoms with Crippen LogP contribution in [0.25, 0.3) is 0 Å². The molecule has 114 valence electrons. The first-order chi connectivity index (χ1) is 10.2. The predicted octanol–water partition coefficient (Wildman–Crippen LogP) is 1.17. The first kappa shape index (κ1) is 14.4. The van der Waals surface area contributed by atoms with Crippen LogP contribution in [0.4, 0.5) is 5.69 Å². The van der Waals surface area contributed by atoms with Crippen molar-refractivity contribution in [1.82, 2.24) is 4.90 Å². The molecule has 3 aliphatic rings. The van der Waals surface area contributed by atoms with E-state index in [0.717, 1.165) is 55.2 Å². The number of hydrogen-bond acceptors (Lipinski definition) is 3. The largest absolute Gasteiger partial charge is 0.494 e. The van der Waals surface area contributed by atoms with Gasteiger partial charge in [-0.3, -0.25) is 9.69 Å². The van der Waals surface area contributed by atoms with E-state index in [1.807, 2.05) is 31.2 Å². The Morgan fingerprint density at radius 1 is 1.19 bits per heavy atom. The standard InChI is InChI=1S/C16H23N3O2/c1-2-21-15-5-3-14(4-6-15)17-16(20)13-19-10-7-18(8-11-19)9-12-19/h3-6H,2,7-13H2,1H3/p+1. The van der Waals surface area contributed by atoms with Gasteiger partial charge in [0.15, 0.2) is 6.54 Å². The molecule has 0 radical (unpaired) electrons. The Labute approximate surface area is 126 Å². The Morgan fingerprint density at radius 3 is 2.38 bits per heavy atom. The second kappa shape index (κ2) is 6.03. The fraction of sp³-hybridized carbons (Fsp3) is 0.562. The Morgan fingerprint density at radius 2 is 1.81 bits per heavy atom. The van der Waals surface area contributed by atoms with E-state index in [4.69, 9.17) is 4.74 Å². The van der Waals surface area contributed by atoms with Gasteiger partial charge >= 0.3 is 0 Å². The Bertz CT molecular complexity index is 479. The smallest absolute Gasteiger partial charge is 0.279 e. The number of nitrogens with zero attached hydrogens (tertiary/aromatic N) is 2. The molecule has 21 heavy (non-hydrogen) atoms. The van der Waals surface area contributed by atoms with E-state index in [-0.39, 0.29) is 5.91 Å². The molecular formula is C16H24N3O2+. The minimum atomic E-state index is 0.120. The summed E-state index contributed by atoms with van der Waals surface area (Å²) in [5.41, 5.74) is 0.845. The zero-order chi connectivity index (χ0) is 14.7. The molecule has 1 aromatic rings. The number of benzene rings is 1. The molecule has 0 aliphatic carbocycles. The Balaban J connectivity index is 1.56. The average Bonchev–Trinajstić information content (AvgIpc) is 2.51. The number of ether oxygens (including phenoxy) is 1. The van der Waals surface area contributed by atoms with Crippen molar-refractivity contribution in [3.63, 3.8) is 0 Å². The van der Waals surface area contributed by atoms with Crippen molar-refractivity contribution < 1.29 is 14.0 Å². The van der Waals surface area contributed by atoms with Crippen molar-refractivity contribution in [3.8, 4) is 5.75 Å². The van der Waals surface area contributed by atoms with Crippen LogP contribution in [0.5, 0.6) is 5.75 Å². The normalized spacial score (nSPS) is 27.4. The zero-order valence-electron chi connectivity index (χ0n) is 12.7. The van der Waals surface area contributed by atoms with Gasteiger partial charge in [0, 0.05) is 25.3 Å². The molecule has 3 aliphatic heterocycles. The molecule has 2 bridgehead atoms. The number of amides is 1. The van der Waals surface area contributed by atoms with E-state index in [2.05, 4.69) is 10.2 Å². The Hall–Kier alpha value is -1.59. The van der Waals surface area contributed by atoms with Gasteiger partial charge in [-0.25, -0.2) is 0 Å². The lowest BCUT2D eigenvalue weighted by molar-refractivity contribution is -0.933. The SMILES string of the molecule is CCOc1ccc(NC(=O)C[N+]23CCN(CC2)CC3)cc1. The predicted molar refractivity (Wildman–Crippen MR) is 82.4 cm³/mol. The summed E-state index contributed by atoms with van der Waals surface area (Å²) in [5.74, 6) is 0.957. The molecule has 0 atom stereocenters. The van der Waals surface area contributed by atoms with Gasteiger partial charge in [-0.1, -0.05) is 0 Å². The van der Waals surface area contributed by atoms with Gasteiger partial charge in [-0.15, -0.1) is 0 Å². The number of nitrogens with one attached hydrogen (secondary N) is 1. The summed E-state index contributed by atoms with van der Waals surface area (Å²) in [6, 6.07) is 7.59. The average molecular weight is 290 g/mol. The van der Waals surface area contributed by atoms with E-state index >= 15 is 0 Å². The van der Waals surface area contributed by atoms with E-state index in [1.165, 1.54) is 0 Å². The van der Waals surface area contributed by atoms with E-state index in [1.54, 1.807) is 0 Å². The molecule has 0 aromatic heterocycles. The maximum Gasteiger partial charge on any atom is 0.279 e. The number of quaternary nitrogens is 1. The van der Waals surface area contributed by atoms with Crippen LogP contribution in [0.2, 0.25) is 0 Å². The lowest BCUT2D eigenvalue weighted by Crippen LogP contribution is -2.68. The van der Waals surface area contributed by atoms with Crippen molar-refractivity contribution in [2.75, 3.05) is 57.7 Å². The topological polar surface area (TPSA) is 41.6 Å². The summed E-state index contributed by atoms with van der Waals surface area (Å²) in [5, 5.41) is 3.01. The lowest BCUT2D eigenvalue weighted by Gasteiger charge is -2.50. The molecule has 5 nitrogen and oxygen atoms in total. The van der Waals surface area contributed by atoms with Crippen LogP contribution in [0.3, 0.4) is 0 Å². The van der Waals surface area contributed by atoms with Crippen LogP contribution in [0.15, 0.2) is 24.3 Å². The number of hydrogen-bond donors (Lipinski definition) is 1. The second-order valence-corrected chi connectivity index (χ2v) is 6.02. The third kappa shape index (κ3) is 3.36. The van der Waals surface area contributed by atoms with Gasteiger partial charge in [-0.05, 0) is 31.2 Å². The molecule has 0 spiro atoms. The second-order valence-electron chi connectivity index (χ2n) is 6.02. The summed E-state index contributed by atoms with van der Waals surface area (Å²) in [4.78, 5) is 14.8. The van der Waals surface area contributed by atoms with E-state index < -0.39 is 0 Å². The van der Waals surface area contributed by atoms with Crippen LogP contribution in [0, 0.1) is 0 Å². The third-order valence-electron chi connectivity index (χ3n) is 4.60. The summed E-state index contributed by atoms with van der Waals surface area (Å²) in [6.45, 7) is 9.94. The highest BCUT2D eigenvalue weighted by Gasteiger charge is 2.39. The van der Waals surface area contributed by atoms with Gasteiger partial charge in [0.1, 0.15) is 5.75 Å². The molecular weight excluding hydrogens is 266 g/mol. The summed E-state index contributed by atoms with van der Waals surface area (Å²) >= 11 is 0. The quantitative estimate of drug-likeness (QED) is 0.828. The summed E-state index contributed by atoms with van der Waals surface area (Å²) < 4.78 is 6.36. The Kier molecular flexibility index (Phi) is 4.12. The fourth-order valence-electron chi connectivity index (χ4n) is 3.27. The molecule has 0 unspecified atom stereocenters. The maximum absolute atomic E-state index is 12.3. The number of piperazine rings is 3. The monoisotopic (exact) mass is 290 g/mol. The van der Waals surface area contributed by atoms with Crippen LogP contribution in [-0.2, 0) is 4.79 Å². The number of fused-ring (bicyclic) bond motifs is 3. The molecule has 1 aromatic carbocycles. The highest BCUT2D eigenvalue weighted by Crippen LogP contribution is 2.20. The van der Waals surface area contributed by atoms with Crippen LogP contribution < -0.4 is 10.1 Å². The molecule has 3 heterocycles. The van der Waals surface area contributed by atoms with Crippen molar-refractivity contribution in [2.45, 2.75) is 6.92 Å². The van der Waals surface area contributed by atoms with Crippen molar-refractivity contribution in [3.05, 3.63) is 24.3 Å². The highest BCUT2D eigenvalue weighted by atomic mass is 16.5. The first-order valence-electron chi connectivity index (χ1n) is 7.79. The van der Waals surface area contributed by atoms with E-state index in [9.17, 15) is 4.79 Å². The zero-order valence-corrected chi connectivity index (χ0v) is 12.7. The number of carbonyl (C=O) groups excluding carboxylic acids is 1. The van der Waals surface area contributed by atoms with Gasteiger partial charge in [0.25, 0.3) is 5.91 Å².